The van der Waals surface area contributed by atoms with Crippen molar-refractivity contribution in [1.29, 1.82) is 0 Å². The average molecular weight is 213 g/mol. The molecule has 0 saturated heterocycles. The van der Waals surface area contributed by atoms with Gasteiger partial charge in [0.15, 0.2) is 0 Å². The molecule has 0 aliphatic carbocycles. The fourth-order valence-electron chi connectivity index (χ4n) is 1.33. The van der Waals surface area contributed by atoms with Crippen LogP contribution in [-0.4, -0.2) is 25.8 Å². The molecule has 1 unspecified atom stereocenters. The quantitative estimate of drug-likeness (QED) is 0.541. The van der Waals surface area contributed by atoms with Gasteiger partial charge in [-0.1, -0.05) is 18.6 Å². The highest BCUT2D eigenvalue weighted by Crippen LogP contribution is 2.10. The number of hydrogen-bond acceptors (Lipinski definition) is 2. The van der Waals surface area contributed by atoms with Crippen LogP contribution in [0.5, 0.6) is 0 Å². The van der Waals surface area contributed by atoms with Crippen LogP contribution >= 0.6 is 0 Å². The highest BCUT2D eigenvalue weighted by Gasteiger charge is 2.07. The lowest BCUT2D eigenvalue weighted by molar-refractivity contribution is 0.172. The van der Waals surface area contributed by atoms with E-state index >= 15 is 0 Å². The molecule has 0 heterocycles. The fourth-order valence-corrected chi connectivity index (χ4v) is 1.33. The Kier molecular flexibility index (Phi) is 6.86. The lowest BCUT2D eigenvalue weighted by Crippen LogP contribution is -2.36. The van der Waals surface area contributed by atoms with E-state index in [4.69, 9.17) is 4.74 Å². The molecule has 0 rings (SSSR count). The van der Waals surface area contributed by atoms with Gasteiger partial charge in [-0.05, 0) is 40.7 Å². The molecule has 2 heteroatoms. The van der Waals surface area contributed by atoms with E-state index in [-0.39, 0.29) is 5.54 Å². The summed E-state index contributed by atoms with van der Waals surface area (Å²) in [7, 11) is 1.75. The highest BCUT2D eigenvalue weighted by atomic mass is 16.5. The van der Waals surface area contributed by atoms with Gasteiger partial charge in [-0.2, -0.15) is 0 Å². The molecule has 1 N–H and O–H groups in total. The SMILES string of the molecule is COCC(C)C(C)=CCCNC(C)(C)C. The zero-order valence-corrected chi connectivity index (χ0v) is 11.2. The number of rotatable bonds is 6. The summed E-state index contributed by atoms with van der Waals surface area (Å²) in [4.78, 5) is 0. The minimum absolute atomic E-state index is 0.222. The molecule has 0 aromatic rings. The lowest BCUT2D eigenvalue weighted by Gasteiger charge is -2.20. The molecular weight excluding hydrogens is 186 g/mol. The van der Waals surface area contributed by atoms with Gasteiger partial charge in [-0.3, -0.25) is 0 Å². The fraction of sp³-hybridized carbons (Fsp3) is 0.846. The van der Waals surface area contributed by atoms with Crippen molar-refractivity contribution in [2.24, 2.45) is 5.92 Å². The first kappa shape index (κ1) is 14.7. The standard InChI is InChI=1S/C13H27NO/c1-11(12(2)10-15-6)8-7-9-14-13(3,4)5/h8,12,14H,7,9-10H2,1-6H3. The Hall–Kier alpha value is -0.340. The predicted octanol–water partition coefficient (Wildman–Crippen LogP) is 2.99. The van der Waals surface area contributed by atoms with Crippen molar-refractivity contribution in [2.45, 2.75) is 46.6 Å². The van der Waals surface area contributed by atoms with E-state index in [0.717, 1.165) is 19.6 Å². The maximum atomic E-state index is 5.13. The van der Waals surface area contributed by atoms with Crippen molar-refractivity contribution in [3.8, 4) is 0 Å². The molecule has 0 aromatic heterocycles. The summed E-state index contributed by atoms with van der Waals surface area (Å²) in [6, 6.07) is 0. The zero-order valence-electron chi connectivity index (χ0n) is 11.2. The Labute approximate surface area is 95.1 Å². The summed E-state index contributed by atoms with van der Waals surface area (Å²) < 4.78 is 5.13. The van der Waals surface area contributed by atoms with E-state index in [0.29, 0.717) is 5.92 Å². The van der Waals surface area contributed by atoms with Gasteiger partial charge in [0.2, 0.25) is 0 Å². The van der Waals surface area contributed by atoms with Crippen LogP contribution in [0.25, 0.3) is 0 Å². The van der Waals surface area contributed by atoms with Crippen molar-refractivity contribution >= 4 is 0 Å². The second kappa shape index (κ2) is 7.02. The summed E-state index contributed by atoms with van der Waals surface area (Å²) in [6.45, 7) is 12.8. The topological polar surface area (TPSA) is 21.3 Å². The van der Waals surface area contributed by atoms with Crippen LogP contribution in [0.1, 0.15) is 41.0 Å². The second-order valence-corrected chi connectivity index (χ2v) is 5.27. The molecule has 0 radical (unpaired) electrons. The number of methoxy groups -OCH3 is 1. The van der Waals surface area contributed by atoms with Gasteiger partial charge < -0.3 is 10.1 Å². The van der Waals surface area contributed by atoms with Crippen molar-refractivity contribution in [3.05, 3.63) is 11.6 Å². The van der Waals surface area contributed by atoms with Gasteiger partial charge in [-0.25, -0.2) is 0 Å². The average Bonchev–Trinajstić information content (AvgIpc) is 2.11. The third-order valence-corrected chi connectivity index (χ3v) is 2.46. The van der Waals surface area contributed by atoms with Gasteiger partial charge in [0, 0.05) is 18.6 Å². The zero-order chi connectivity index (χ0) is 11.9. The van der Waals surface area contributed by atoms with Gasteiger partial charge in [0.05, 0.1) is 6.61 Å². The molecule has 90 valence electrons. The van der Waals surface area contributed by atoms with Gasteiger partial charge >= 0.3 is 0 Å². The Balaban J connectivity index is 3.76. The summed E-state index contributed by atoms with van der Waals surface area (Å²) in [6.07, 6.45) is 3.40. The van der Waals surface area contributed by atoms with Crippen molar-refractivity contribution in [3.63, 3.8) is 0 Å². The van der Waals surface area contributed by atoms with Crippen LogP contribution in [0.2, 0.25) is 0 Å². The summed E-state index contributed by atoms with van der Waals surface area (Å²) >= 11 is 0. The molecule has 2 nitrogen and oxygen atoms in total. The van der Waals surface area contributed by atoms with E-state index < -0.39 is 0 Å². The molecule has 0 aliphatic rings. The smallest absolute Gasteiger partial charge is 0.0524 e. The van der Waals surface area contributed by atoms with Crippen LogP contribution in [0.3, 0.4) is 0 Å². The highest BCUT2D eigenvalue weighted by molar-refractivity contribution is 5.02. The first-order valence-electron chi connectivity index (χ1n) is 5.77. The number of hydrogen-bond donors (Lipinski definition) is 1. The Morgan fingerprint density at radius 2 is 2.00 bits per heavy atom. The maximum Gasteiger partial charge on any atom is 0.0524 e. The maximum absolute atomic E-state index is 5.13. The molecule has 0 aromatic carbocycles. The molecule has 0 spiro atoms. The molecule has 0 amide bonds. The van der Waals surface area contributed by atoms with Crippen LogP contribution < -0.4 is 5.32 Å². The number of nitrogens with one attached hydrogen (secondary N) is 1. The molecule has 0 bridgehead atoms. The monoisotopic (exact) mass is 213 g/mol. The lowest BCUT2D eigenvalue weighted by atomic mass is 10.0. The van der Waals surface area contributed by atoms with E-state index in [1.165, 1.54) is 5.57 Å². The third kappa shape index (κ3) is 8.64. The van der Waals surface area contributed by atoms with E-state index in [1.807, 2.05) is 0 Å². The molecular formula is C13H27NO. The first-order valence-corrected chi connectivity index (χ1v) is 5.77. The van der Waals surface area contributed by atoms with Crippen molar-refractivity contribution in [2.75, 3.05) is 20.3 Å². The van der Waals surface area contributed by atoms with Gasteiger partial charge in [0.1, 0.15) is 0 Å². The second-order valence-electron chi connectivity index (χ2n) is 5.27. The van der Waals surface area contributed by atoms with Crippen LogP contribution in [0, 0.1) is 5.92 Å². The summed E-state index contributed by atoms with van der Waals surface area (Å²) in [5.74, 6) is 0.532. The van der Waals surface area contributed by atoms with E-state index in [1.54, 1.807) is 7.11 Å². The normalized spacial score (nSPS) is 15.5. The van der Waals surface area contributed by atoms with Gasteiger partial charge in [0.25, 0.3) is 0 Å². The molecule has 1 atom stereocenters. The Morgan fingerprint density at radius 3 is 2.47 bits per heavy atom. The van der Waals surface area contributed by atoms with Gasteiger partial charge in [-0.15, -0.1) is 0 Å². The molecule has 0 aliphatic heterocycles. The van der Waals surface area contributed by atoms with Crippen LogP contribution in [0.15, 0.2) is 11.6 Å². The van der Waals surface area contributed by atoms with Crippen LogP contribution in [-0.2, 0) is 4.74 Å². The Bertz CT molecular complexity index is 191. The molecule has 0 saturated carbocycles. The van der Waals surface area contributed by atoms with Crippen molar-refractivity contribution < 1.29 is 4.74 Å². The van der Waals surface area contributed by atoms with E-state index in [9.17, 15) is 0 Å². The van der Waals surface area contributed by atoms with Crippen molar-refractivity contribution in [1.82, 2.24) is 5.32 Å². The predicted molar refractivity (Wildman–Crippen MR) is 67.2 cm³/mol. The molecule has 0 fully saturated rings. The number of ether oxygens (including phenoxy) is 1. The first-order chi connectivity index (χ1) is 6.87. The third-order valence-electron chi connectivity index (χ3n) is 2.46. The Morgan fingerprint density at radius 1 is 1.40 bits per heavy atom. The summed E-state index contributed by atoms with van der Waals surface area (Å²) in [5.41, 5.74) is 1.65. The largest absolute Gasteiger partial charge is 0.384 e. The minimum atomic E-state index is 0.222. The van der Waals surface area contributed by atoms with Crippen LogP contribution in [0.4, 0.5) is 0 Å². The minimum Gasteiger partial charge on any atom is -0.384 e. The summed E-state index contributed by atoms with van der Waals surface area (Å²) in [5, 5.41) is 3.47. The van der Waals surface area contributed by atoms with E-state index in [2.05, 4.69) is 46.0 Å². The molecule has 15 heavy (non-hydrogen) atoms.